The van der Waals surface area contributed by atoms with Crippen molar-refractivity contribution in [3.05, 3.63) is 94.1 Å². The summed E-state index contributed by atoms with van der Waals surface area (Å²) in [6, 6.07) is 19.2. The second-order valence-electron chi connectivity index (χ2n) is 7.12. The maximum Gasteiger partial charge on any atom is 0.270 e. The van der Waals surface area contributed by atoms with Crippen molar-refractivity contribution in [2.75, 3.05) is 12.0 Å². The zero-order valence-corrected chi connectivity index (χ0v) is 19.1. The summed E-state index contributed by atoms with van der Waals surface area (Å²) >= 11 is 6.58. The molecule has 7 heteroatoms. The minimum atomic E-state index is -0.369. The zero-order chi connectivity index (χ0) is 22.7. The predicted molar refractivity (Wildman–Crippen MR) is 131 cm³/mol. The summed E-state index contributed by atoms with van der Waals surface area (Å²) in [6.07, 6.45) is 1.76. The number of thiocarbonyl (C=S) groups is 1. The fourth-order valence-electron chi connectivity index (χ4n) is 3.25. The van der Waals surface area contributed by atoms with E-state index in [4.69, 9.17) is 21.7 Å². The minimum Gasteiger partial charge on any atom is -0.493 e. The Hall–Kier alpha value is -3.16. The van der Waals surface area contributed by atoms with Crippen LogP contribution >= 0.6 is 24.0 Å². The first-order chi connectivity index (χ1) is 15.5. The summed E-state index contributed by atoms with van der Waals surface area (Å²) < 4.78 is 25.1. The van der Waals surface area contributed by atoms with Gasteiger partial charge in [0.1, 0.15) is 12.4 Å². The Labute approximate surface area is 195 Å². The molecule has 0 atom stereocenters. The lowest BCUT2D eigenvalue weighted by atomic mass is 10.1. The molecular formula is C25H20FNO3S2. The first kappa shape index (κ1) is 22.0. The van der Waals surface area contributed by atoms with Gasteiger partial charge in [-0.25, -0.2) is 4.39 Å². The van der Waals surface area contributed by atoms with E-state index in [2.05, 4.69) is 0 Å². The second-order valence-corrected chi connectivity index (χ2v) is 8.79. The highest BCUT2D eigenvalue weighted by Gasteiger charge is 2.33. The predicted octanol–water partition coefficient (Wildman–Crippen LogP) is 6.13. The van der Waals surface area contributed by atoms with E-state index < -0.39 is 0 Å². The summed E-state index contributed by atoms with van der Waals surface area (Å²) in [5.74, 6) is 0.574. The first-order valence-electron chi connectivity index (χ1n) is 9.85. The SMILES string of the molecule is COc1cc(C=C2SC(=S)N(c3ccc(F)cc3)C2=O)ccc1OCc1ccccc1C. The lowest BCUT2D eigenvalue weighted by molar-refractivity contribution is -0.113. The summed E-state index contributed by atoms with van der Waals surface area (Å²) in [5.41, 5.74) is 3.58. The number of carbonyl (C=O) groups excluding carboxylic acids is 1. The summed E-state index contributed by atoms with van der Waals surface area (Å²) in [7, 11) is 1.58. The van der Waals surface area contributed by atoms with Crippen molar-refractivity contribution in [2.45, 2.75) is 13.5 Å². The molecule has 1 amide bonds. The van der Waals surface area contributed by atoms with Crippen LogP contribution in [-0.4, -0.2) is 17.3 Å². The molecule has 4 rings (SSSR count). The van der Waals surface area contributed by atoms with Gasteiger partial charge in [0.25, 0.3) is 5.91 Å². The minimum absolute atomic E-state index is 0.245. The molecule has 4 nitrogen and oxygen atoms in total. The van der Waals surface area contributed by atoms with Gasteiger partial charge in [-0.2, -0.15) is 0 Å². The van der Waals surface area contributed by atoms with Gasteiger partial charge in [0.2, 0.25) is 0 Å². The van der Waals surface area contributed by atoms with Crippen LogP contribution in [0.1, 0.15) is 16.7 Å². The van der Waals surface area contributed by atoms with Crippen LogP contribution in [0.3, 0.4) is 0 Å². The molecule has 1 aliphatic heterocycles. The zero-order valence-electron chi connectivity index (χ0n) is 17.5. The van der Waals surface area contributed by atoms with Crippen LogP contribution in [0.15, 0.2) is 71.6 Å². The highest BCUT2D eigenvalue weighted by molar-refractivity contribution is 8.27. The molecule has 0 aromatic heterocycles. The standard InChI is InChI=1S/C25H20FNO3S2/c1-16-5-3-4-6-18(16)15-30-21-12-7-17(13-22(21)29-2)14-23-24(28)27(25(31)32-23)20-10-8-19(26)9-11-20/h3-14H,15H2,1-2H3. The maximum atomic E-state index is 13.2. The number of thioether (sulfide) groups is 1. The number of hydrogen-bond acceptors (Lipinski definition) is 5. The number of benzene rings is 3. The highest BCUT2D eigenvalue weighted by Crippen LogP contribution is 2.37. The van der Waals surface area contributed by atoms with E-state index >= 15 is 0 Å². The van der Waals surface area contributed by atoms with Crippen molar-refractivity contribution < 1.29 is 18.7 Å². The van der Waals surface area contributed by atoms with Crippen molar-refractivity contribution in [1.29, 1.82) is 0 Å². The third-order valence-corrected chi connectivity index (χ3v) is 6.31. The number of carbonyl (C=O) groups is 1. The van der Waals surface area contributed by atoms with Crippen LogP contribution in [0.5, 0.6) is 11.5 Å². The van der Waals surface area contributed by atoms with Crippen LogP contribution in [0, 0.1) is 12.7 Å². The van der Waals surface area contributed by atoms with Gasteiger partial charge in [-0.1, -0.05) is 54.3 Å². The Bertz CT molecular complexity index is 1210. The monoisotopic (exact) mass is 465 g/mol. The molecule has 3 aromatic carbocycles. The largest absolute Gasteiger partial charge is 0.493 e. The molecule has 0 spiro atoms. The van der Waals surface area contributed by atoms with Gasteiger partial charge in [-0.15, -0.1) is 0 Å². The lowest BCUT2D eigenvalue weighted by Crippen LogP contribution is -2.27. The van der Waals surface area contributed by atoms with Gasteiger partial charge in [0.05, 0.1) is 17.7 Å². The molecule has 0 saturated carbocycles. The number of amides is 1. The Kier molecular flexibility index (Phi) is 6.58. The molecule has 0 aliphatic carbocycles. The number of rotatable bonds is 6. The van der Waals surface area contributed by atoms with Crippen LogP contribution in [0.25, 0.3) is 6.08 Å². The number of methoxy groups -OCH3 is 1. The van der Waals surface area contributed by atoms with E-state index in [9.17, 15) is 9.18 Å². The van der Waals surface area contributed by atoms with Gasteiger partial charge >= 0.3 is 0 Å². The van der Waals surface area contributed by atoms with Gasteiger partial charge in [-0.05, 0) is 66.1 Å². The highest BCUT2D eigenvalue weighted by atomic mass is 32.2. The average molecular weight is 466 g/mol. The van der Waals surface area contributed by atoms with Crippen molar-refractivity contribution in [2.24, 2.45) is 0 Å². The molecule has 1 aliphatic rings. The molecule has 32 heavy (non-hydrogen) atoms. The van der Waals surface area contributed by atoms with Crippen molar-refractivity contribution in [1.82, 2.24) is 0 Å². The molecule has 1 saturated heterocycles. The number of halogens is 1. The fraction of sp³-hybridized carbons (Fsp3) is 0.120. The number of hydrogen-bond donors (Lipinski definition) is 0. The summed E-state index contributed by atoms with van der Waals surface area (Å²) in [5, 5.41) is 0. The topological polar surface area (TPSA) is 38.8 Å². The molecule has 1 heterocycles. The van der Waals surface area contributed by atoms with E-state index in [1.165, 1.54) is 40.9 Å². The van der Waals surface area contributed by atoms with Crippen LogP contribution < -0.4 is 14.4 Å². The molecular weight excluding hydrogens is 445 g/mol. The number of ether oxygens (including phenoxy) is 2. The maximum absolute atomic E-state index is 13.2. The van der Waals surface area contributed by atoms with Gasteiger partial charge in [0.15, 0.2) is 15.8 Å². The third kappa shape index (κ3) is 4.69. The Morgan fingerprint density at radius 1 is 1.06 bits per heavy atom. The Balaban J connectivity index is 1.53. The van der Waals surface area contributed by atoms with Crippen LogP contribution in [0.4, 0.5) is 10.1 Å². The van der Waals surface area contributed by atoms with Gasteiger partial charge < -0.3 is 9.47 Å². The van der Waals surface area contributed by atoms with E-state index in [-0.39, 0.29) is 11.7 Å². The molecule has 0 radical (unpaired) electrons. The molecule has 0 N–H and O–H groups in total. The Morgan fingerprint density at radius 3 is 2.53 bits per heavy atom. The summed E-state index contributed by atoms with van der Waals surface area (Å²) in [6.45, 7) is 2.47. The first-order valence-corrected chi connectivity index (χ1v) is 11.1. The van der Waals surface area contributed by atoms with Crippen LogP contribution in [-0.2, 0) is 11.4 Å². The average Bonchev–Trinajstić information content (AvgIpc) is 3.07. The van der Waals surface area contributed by atoms with Crippen molar-refractivity contribution in [3.8, 4) is 11.5 Å². The molecule has 162 valence electrons. The molecule has 0 bridgehead atoms. The van der Waals surface area contributed by atoms with Crippen molar-refractivity contribution in [3.63, 3.8) is 0 Å². The number of aryl methyl sites for hydroxylation is 1. The fourth-order valence-corrected chi connectivity index (χ4v) is 4.55. The van der Waals surface area contributed by atoms with E-state index in [0.29, 0.717) is 33.0 Å². The molecule has 0 unspecified atom stereocenters. The van der Waals surface area contributed by atoms with E-state index in [0.717, 1.165) is 16.7 Å². The number of nitrogens with zero attached hydrogens (tertiary/aromatic N) is 1. The smallest absolute Gasteiger partial charge is 0.270 e. The second kappa shape index (κ2) is 9.54. The molecule has 3 aromatic rings. The Morgan fingerprint density at radius 2 is 1.81 bits per heavy atom. The number of anilines is 1. The van der Waals surface area contributed by atoms with Crippen molar-refractivity contribution >= 4 is 46.0 Å². The summed E-state index contributed by atoms with van der Waals surface area (Å²) in [4.78, 5) is 14.8. The van der Waals surface area contributed by atoms with E-state index in [1.807, 2.05) is 49.4 Å². The molecule has 1 fully saturated rings. The normalized spacial score (nSPS) is 14.8. The van der Waals surface area contributed by atoms with Gasteiger partial charge in [0, 0.05) is 0 Å². The lowest BCUT2D eigenvalue weighted by Gasteiger charge is -2.14. The quantitative estimate of drug-likeness (QED) is 0.324. The van der Waals surface area contributed by atoms with Gasteiger partial charge in [-0.3, -0.25) is 9.69 Å². The third-order valence-electron chi connectivity index (χ3n) is 5.01. The van der Waals surface area contributed by atoms with E-state index in [1.54, 1.807) is 13.2 Å². The van der Waals surface area contributed by atoms with Crippen LogP contribution in [0.2, 0.25) is 0 Å².